The Balaban J connectivity index is 1.41. The Morgan fingerprint density at radius 3 is 2.86 bits per heavy atom. The number of benzene rings is 1. The topological polar surface area (TPSA) is 142 Å². The van der Waals surface area contributed by atoms with Crippen LogP contribution < -0.4 is 9.88 Å². The van der Waals surface area contributed by atoms with E-state index in [2.05, 4.69) is 30.1 Å². The van der Waals surface area contributed by atoms with Crippen LogP contribution >= 0.6 is 27.3 Å². The highest BCUT2D eigenvalue weighted by atomic mass is 79.9. The molecule has 186 valence electrons. The first-order valence-corrected chi connectivity index (χ1v) is 14.0. The van der Waals surface area contributed by atoms with Crippen molar-refractivity contribution in [3.63, 3.8) is 0 Å². The fourth-order valence-corrected chi connectivity index (χ4v) is 5.76. The van der Waals surface area contributed by atoms with E-state index in [0.29, 0.717) is 42.0 Å². The van der Waals surface area contributed by atoms with Gasteiger partial charge in [0, 0.05) is 17.7 Å². The second-order valence-electron chi connectivity index (χ2n) is 8.40. The fourth-order valence-electron chi connectivity index (χ4n) is 4.15. The van der Waals surface area contributed by atoms with Crippen LogP contribution in [0.15, 0.2) is 52.7 Å². The van der Waals surface area contributed by atoms with Crippen molar-refractivity contribution in [1.29, 1.82) is 0 Å². The summed E-state index contributed by atoms with van der Waals surface area (Å²) in [4.78, 5) is 22.2. The van der Waals surface area contributed by atoms with E-state index in [1.165, 1.54) is 23.9 Å². The molecule has 0 aliphatic heterocycles. The molecule has 3 N–H and O–H groups in total. The summed E-state index contributed by atoms with van der Waals surface area (Å²) in [7, 11) is -4.07. The van der Waals surface area contributed by atoms with Crippen LogP contribution in [-0.4, -0.2) is 42.0 Å². The second-order valence-corrected chi connectivity index (χ2v) is 11.4. The van der Waals surface area contributed by atoms with Gasteiger partial charge in [-0.2, -0.15) is 8.42 Å². The highest BCUT2D eigenvalue weighted by Crippen LogP contribution is 2.34. The summed E-state index contributed by atoms with van der Waals surface area (Å²) in [5.74, 6) is 0.197. The van der Waals surface area contributed by atoms with Gasteiger partial charge >= 0.3 is 10.3 Å². The Hall–Kier alpha value is -2.22. The molecule has 0 saturated heterocycles. The minimum atomic E-state index is -4.07. The number of ether oxygens (including phenoxy) is 1. The van der Waals surface area contributed by atoms with Crippen LogP contribution in [-0.2, 0) is 27.5 Å². The number of nitrogens with two attached hydrogens (primary N) is 1. The van der Waals surface area contributed by atoms with Crippen LogP contribution in [0.2, 0.25) is 0 Å². The third kappa shape index (κ3) is 6.93. The molecule has 0 unspecified atom stereocenters. The zero-order chi connectivity index (χ0) is 25.0. The molecular weight excluding hydrogens is 558 g/mol. The van der Waals surface area contributed by atoms with Gasteiger partial charge in [0.25, 0.3) is 0 Å². The summed E-state index contributed by atoms with van der Waals surface area (Å²) in [5, 5.41) is 17.1. The number of halogens is 1. The number of para-hydroxylation sites is 1. The monoisotopic (exact) mass is 581 g/mol. The first-order chi connectivity index (χ1) is 16.7. The molecule has 0 amide bonds. The number of hydrogen-bond donors (Lipinski definition) is 2. The zero-order valence-corrected chi connectivity index (χ0v) is 21.8. The predicted molar refractivity (Wildman–Crippen MR) is 133 cm³/mol. The van der Waals surface area contributed by atoms with Gasteiger partial charge in [-0.05, 0) is 64.7 Å². The molecule has 9 nitrogen and oxygen atoms in total. The number of aliphatic hydroxyl groups is 1. The SMILES string of the molecule is NS(=O)(=O)OC[C@H]1C[C@@H](Cc2ncncc2C(=O)c2cc(COc3ccccc3Br)cs2)C[C@@H]1O. The summed E-state index contributed by atoms with van der Waals surface area (Å²) in [5.41, 5.74) is 1.88. The Morgan fingerprint density at radius 1 is 1.29 bits per heavy atom. The Kier molecular flexibility index (Phi) is 8.30. The molecule has 0 spiro atoms. The van der Waals surface area contributed by atoms with Gasteiger partial charge in [0.2, 0.25) is 5.78 Å². The van der Waals surface area contributed by atoms with Crippen LogP contribution in [0.4, 0.5) is 0 Å². The molecule has 1 aliphatic rings. The first-order valence-electron chi connectivity index (χ1n) is 10.8. The quantitative estimate of drug-likeness (QED) is 0.347. The summed E-state index contributed by atoms with van der Waals surface area (Å²) in [6.07, 6.45) is 3.62. The molecular formula is C23H24BrN3O6S2. The average Bonchev–Trinajstić information content (AvgIpc) is 3.43. The second kappa shape index (κ2) is 11.2. The molecule has 2 heterocycles. The van der Waals surface area contributed by atoms with Gasteiger partial charge in [-0.25, -0.2) is 15.1 Å². The average molecular weight is 582 g/mol. The van der Waals surface area contributed by atoms with Crippen LogP contribution in [0.1, 0.15) is 39.3 Å². The maximum atomic E-state index is 13.3. The number of hydrogen-bond acceptors (Lipinski definition) is 9. The lowest BCUT2D eigenvalue weighted by atomic mass is 9.96. The molecule has 35 heavy (non-hydrogen) atoms. The van der Waals surface area contributed by atoms with Crippen LogP contribution in [0.25, 0.3) is 0 Å². The van der Waals surface area contributed by atoms with Gasteiger partial charge in [-0.3, -0.25) is 8.98 Å². The third-order valence-corrected chi connectivity index (χ3v) is 7.93. The first kappa shape index (κ1) is 25.9. The molecule has 1 fully saturated rings. The standard InChI is InChI=1S/C23H24BrN3O6S2/c24-18-3-1-2-4-21(18)32-10-15-8-22(34-12-15)23(29)17-9-26-13-27-19(17)6-14-5-16(20(28)7-14)11-33-35(25,30)31/h1-4,8-9,12-14,16,20,28H,5-7,10-11H2,(H2,25,30,31)/t14-,16+,20-/m0/s1. The lowest BCUT2D eigenvalue weighted by molar-refractivity contribution is 0.100. The molecule has 1 aliphatic carbocycles. The maximum absolute atomic E-state index is 13.3. The van der Waals surface area contributed by atoms with E-state index in [1.807, 2.05) is 29.6 Å². The van der Waals surface area contributed by atoms with E-state index in [-0.39, 0.29) is 24.2 Å². The molecule has 3 aromatic rings. The van der Waals surface area contributed by atoms with Gasteiger partial charge < -0.3 is 9.84 Å². The Morgan fingerprint density at radius 2 is 2.09 bits per heavy atom. The highest BCUT2D eigenvalue weighted by molar-refractivity contribution is 9.10. The molecule has 2 aromatic heterocycles. The van der Waals surface area contributed by atoms with E-state index in [0.717, 1.165) is 15.8 Å². The van der Waals surface area contributed by atoms with E-state index >= 15 is 0 Å². The van der Waals surface area contributed by atoms with E-state index in [4.69, 9.17) is 9.88 Å². The Bertz CT molecular complexity index is 1300. The fraction of sp³-hybridized carbons (Fsp3) is 0.348. The minimum Gasteiger partial charge on any atom is -0.488 e. The van der Waals surface area contributed by atoms with Crippen molar-refractivity contribution in [2.24, 2.45) is 17.0 Å². The third-order valence-electron chi connectivity index (χ3n) is 5.83. The largest absolute Gasteiger partial charge is 0.488 e. The maximum Gasteiger partial charge on any atom is 0.333 e. The molecule has 1 saturated carbocycles. The van der Waals surface area contributed by atoms with Crippen molar-refractivity contribution in [2.75, 3.05) is 6.61 Å². The number of nitrogens with zero attached hydrogens (tertiary/aromatic N) is 2. The van der Waals surface area contributed by atoms with Crippen molar-refractivity contribution in [1.82, 2.24) is 9.97 Å². The van der Waals surface area contributed by atoms with Crippen molar-refractivity contribution < 1.29 is 27.2 Å². The number of carbonyl (C=O) groups excluding carboxylic acids is 1. The van der Waals surface area contributed by atoms with Crippen LogP contribution in [0.3, 0.4) is 0 Å². The van der Waals surface area contributed by atoms with Crippen molar-refractivity contribution >= 4 is 43.4 Å². The number of aliphatic hydroxyl groups excluding tert-OH is 1. The van der Waals surface area contributed by atoms with Crippen molar-refractivity contribution in [3.8, 4) is 5.75 Å². The Labute approximate surface area is 215 Å². The summed E-state index contributed by atoms with van der Waals surface area (Å²) < 4.78 is 33.5. The van der Waals surface area contributed by atoms with E-state index in [9.17, 15) is 18.3 Å². The minimum absolute atomic E-state index is 0.0112. The summed E-state index contributed by atoms with van der Waals surface area (Å²) >= 11 is 4.78. The number of carbonyl (C=O) groups is 1. The van der Waals surface area contributed by atoms with Gasteiger partial charge in [0.15, 0.2) is 0 Å². The number of rotatable bonds is 10. The molecule has 1 aromatic carbocycles. The highest BCUT2D eigenvalue weighted by Gasteiger charge is 2.35. The van der Waals surface area contributed by atoms with Gasteiger partial charge in [-0.15, -0.1) is 11.3 Å². The normalized spacial score (nSPS) is 20.1. The van der Waals surface area contributed by atoms with E-state index < -0.39 is 16.4 Å². The lowest BCUT2D eigenvalue weighted by Gasteiger charge is -2.13. The summed E-state index contributed by atoms with van der Waals surface area (Å²) in [6, 6.07) is 9.36. The summed E-state index contributed by atoms with van der Waals surface area (Å²) in [6.45, 7) is 0.151. The molecule has 0 bridgehead atoms. The lowest BCUT2D eigenvalue weighted by Crippen LogP contribution is -2.24. The number of thiophene rings is 1. The molecule has 12 heteroatoms. The molecule has 3 atom stereocenters. The number of aromatic nitrogens is 2. The predicted octanol–water partition coefficient (Wildman–Crippen LogP) is 3.26. The zero-order valence-electron chi connectivity index (χ0n) is 18.5. The number of ketones is 1. The van der Waals surface area contributed by atoms with Gasteiger partial charge in [0.1, 0.15) is 18.7 Å². The van der Waals surface area contributed by atoms with Crippen molar-refractivity contribution in [2.45, 2.75) is 32.0 Å². The van der Waals surface area contributed by atoms with Crippen LogP contribution in [0, 0.1) is 11.8 Å². The van der Waals surface area contributed by atoms with Crippen LogP contribution in [0.5, 0.6) is 5.75 Å². The van der Waals surface area contributed by atoms with Crippen molar-refractivity contribution in [3.05, 3.63) is 74.4 Å². The smallest absolute Gasteiger partial charge is 0.333 e. The molecule has 4 rings (SSSR count). The molecule has 0 radical (unpaired) electrons. The van der Waals surface area contributed by atoms with Gasteiger partial charge in [-0.1, -0.05) is 12.1 Å². The van der Waals surface area contributed by atoms with Gasteiger partial charge in [0.05, 0.1) is 33.3 Å². The van der Waals surface area contributed by atoms with E-state index in [1.54, 1.807) is 6.07 Å².